The van der Waals surface area contributed by atoms with Crippen LogP contribution in [0.4, 0.5) is 5.69 Å². The van der Waals surface area contributed by atoms with Crippen LogP contribution in [0.15, 0.2) is 53.6 Å². The second kappa shape index (κ2) is 5.68. The van der Waals surface area contributed by atoms with E-state index in [9.17, 15) is 9.90 Å². The Bertz CT molecular complexity index is 789. The van der Waals surface area contributed by atoms with E-state index in [-0.39, 0.29) is 6.42 Å². The zero-order valence-electron chi connectivity index (χ0n) is 12.5. The molecule has 0 saturated carbocycles. The van der Waals surface area contributed by atoms with E-state index in [0.29, 0.717) is 27.5 Å². The summed E-state index contributed by atoms with van der Waals surface area (Å²) in [6.45, 7) is 1.77. The lowest BCUT2D eigenvalue weighted by molar-refractivity contribution is -0.0764. The fraction of sp³-hybridized carbons (Fsp3) is 0.176. The fourth-order valence-corrected chi connectivity index (χ4v) is 2.81. The molecule has 0 saturated heterocycles. The second-order valence-corrected chi connectivity index (χ2v) is 5.98. The van der Waals surface area contributed by atoms with Gasteiger partial charge in [-0.2, -0.15) is 10.1 Å². The van der Waals surface area contributed by atoms with Crippen molar-refractivity contribution in [3.63, 3.8) is 0 Å². The molecule has 5 nitrogen and oxygen atoms in total. The maximum absolute atomic E-state index is 12.8. The van der Waals surface area contributed by atoms with E-state index in [4.69, 9.17) is 17.3 Å². The number of carbonyl (C=O) groups excluding carboxylic acids is 1. The zero-order valence-corrected chi connectivity index (χ0v) is 13.3. The van der Waals surface area contributed by atoms with Crippen molar-refractivity contribution in [2.24, 2.45) is 5.10 Å². The number of hydrogen-bond acceptors (Lipinski definition) is 4. The fourth-order valence-electron chi connectivity index (χ4n) is 2.68. The van der Waals surface area contributed by atoms with Gasteiger partial charge in [0.25, 0.3) is 5.91 Å². The molecule has 1 unspecified atom stereocenters. The van der Waals surface area contributed by atoms with E-state index in [2.05, 4.69) is 5.10 Å². The molecule has 0 spiro atoms. The van der Waals surface area contributed by atoms with Crippen molar-refractivity contribution < 1.29 is 9.90 Å². The minimum Gasteiger partial charge on any atom is -0.398 e. The summed E-state index contributed by atoms with van der Waals surface area (Å²) in [5.74, 6) is -0.447. The summed E-state index contributed by atoms with van der Waals surface area (Å²) >= 11 is 5.90. The number of aliphatic hydroxyl groups is 1. The van der Waals surface area contributed by atoms with Gasteiger partial charge < -0.3 is 10.8 Å². The van der Waals surface area contributed by atoms with Crippen LogP contribution in [-0.4, -0.2) is 21.7 Å². The van der Waals surface area contributed by atoms with Crippen LogP contribution in [0.2, 0.25) is 5.02 Å². The first-order valence-electron chi connectivity index (χ1n) is 7.13. The van der Waals surface area contributed by atoms with Gasteiger partial charge in [-0.05, 0) is 31.2 Å². The van der Waals surface area contributed by atoms with Gasteiger partial charge >= 0.3 is 0 Å². The Morgan fingerprint density at radius 3 is 2.57 bits per heavy atom. The molecule has 118 valence electrons. The van der Waals surface area contributed by atoms with Crippen LogP contribution < -0.4 is 5.73 Å². The maximum atomic E-state index is 12.8. The standard InChI is InChI=1S/C17H16ClN3O2/c1-11-10-17(23,12-6-8-13(18)9-7-12)21(20-11)16(22)14-4-2-3-5-15(14)19/h2-9,23H,10,19H2,1H3. The summed E-state index contributed by atoms with van der Waals surface area (Å²) in [6, 6.07) is 13.4. The van der Waals surface area contributed by atoms with Crippen molar-refractivity contribution in [3.05, 3.63) is 64.7 Å². The van der Waals surface area contributed by atoms with E-state index in [1.807, 2.05) is 0 Å². The average molecular weight is 330 g/mol. The monoisotopic (exact) mass is 329 g/mol. The van der Waals surface area contributed by atoms with Gasteiger partial charge in [-0.1, -0.05) is 35.9 Å². The summed E-state index contributed by atoms with van der Waals surface area (Å²) in [5, 5.41) is 17.0. The zero-order chi connectivity index (χ0) is 16.6. The topological polar surface area (TPSA) is 78.9 Å². The lowest BCUT2D eigenvalue weighted by Crippen LogP contribution is -2.43. The molecule has 0 aromatic heterocycles. The maximum Gasteiger partial charge on any atom is 0.279 e. The molecule has 3 N–H and O–H groups in total. The Morgan fingerprint density at radius 1 is 1.26 bits per heavy atom. The number of benzene rings is 2. The van der Waals surface area contributed by atoms with E-state index in [1.54, 1.807) is 55.5 Å². The molecule has 23 heavy (non-hydrogen) atoms. The Hall–Kier alpha value is -2.37. The molecule has 0 bridgehead atoms. The highest BCUT2D eigenvalue weighted by Crippen LogP contribution is 2.37. The third-order valence-electron chi connectivity index (χ3n) is 3.81. The third kappa shape index (κ3) is 2.69. The molecule has 3 rings (SSSR count). The molecule has 0 aliphatic carbocycles. The van der Waals surface area contributed by atoms with Gasteiger partial charge in [0.15, 0.2) is 5.72 Å². The Balaban J connectivity index is 2.03. The van der Waals surface area contributed by atoms with E-state index < -0.39 is 11.6 Å². The molecule has 1 aliphatic heterocycles. The predicted molar refractivity (Wildman–Crippen MR) is 90.1 cm³/mol. The SMILES string of the molecule is CC1=NN(C(=O)c2ccccc2N)C(O)(c2ccc(Cl)cc2)C1. The number of anilines is 1. The van der Waals surface area contributed by atoms with Crippen molar-refractivity contribution in [1.29, 1.82) is 0 Å². The first-order chi connectivity index (χ1) is 10.9. The van der Waals surface area contributed by atoms with E-state index in [1.165, 1.54) is 0 Å². The van der Waals surface area contributed by atoms with Gasteiger partial charge in [0.1, 0.15) is 0 Å². The van der Waals surface area contributed by atoms with Gasteiger partial charge in [0, 0.05) is 28.4 Å². The average Bonchev–Trinajstić information content (AvgIpc) is 2.83. The highest BCUT2D eigenvalue weighted by Gasteiger charge is 2.45. The van der Waals surface area contributed by atoms with Crippen molar-refractivity contribution in [3.8, 4) is 0 Å². The smallest absolute Gasteiger partial charge is 0.279 e. The number of carbonyl (C=O) groups is 1. The summed E-state index contributed by atoms with van der Waals surface area (Å²) in [7, 11) is 0. The van der Waals surface area contributed by atoms with Crippen molar-refractivity contribution in [2.45, 2.75) is 19.1 Å². The minimum atomic E-state index is -1.55. The Kier molecular flexibility index (Phi) is 3.83. The first-order valence-corrected chi connectivity index (χ1v) is 7.51. The number of rotatable bonds is 2. The number of nitrogens with two attached hydrogens (primary N) is 1. The van der Waals surface area contributed by atoms with Gasteiger partial charge in [0.2, 0.25) is 0 Å². The van der Waals surface area contributed by atoms with Crippen LogP contribution >= 0.6 is 11.6 Å². The van der Waals surface area contributed by atoms with Crippen LogP contribution in [0, 0.1) is 0 Å². The summed E-state index contributed by atoms with van der Waals surface area (Å²) < 4.78 is 0. The van der Waals surface area contributed by atoms with Gasteiger partial charge in [-0.15, -0.1) is 0 Å². The molecule has 1 amide bonds. The van der Waals surface area contributed by atoms with E-state index >= 15 is 0 Å². The number of nitrogens with zero attached hydrogens (tertiary/aromatic N) is 2. The largest absolute Gasteiger partial charge is 0.398 e. The number of hydrazone groups is 1. The minimum absolute atomic E-state index is 0.229. The number of hydrogen-bond donors (Lipinski definition) is 2. The van der Waals surface area contributed by atoms with Crippen LogP contribution in [0.5, 0.6) is 0 Å². The highest BCUT2D eigenvalue weighted by molar-refractivity contribution is 6.30. The Morgan fingerprint density at radius 2 is 1.91 bits per heavy atom. The second-order valence-electron chi connectivity index (χ2n) is 5.54. The van der Waals surface area contributed by atoms with Crippen molar-refractivity contribution in [2.75, 3.05) is 5.73 Å². The normalized spacial score (nSPS) is 20.5. The highest BCUT2D eigenvalue weighted by atomic mass is 35.5. The molecule has 1 heterocycles. The number of halogens is 1. The summed E-state index contributed by atoms with van der Waals surface area (Å²) in [5.41, 5.74) is 6.18. The van der Waals surface area contributed by atoms with E-state index in [0.717, 1.165) is 5.01 Å². The van der Waals surface area contributed by atoms with Crippen LogP contribution in [0.1, 0.15) is 29.3 Å². The molecular formula is C17H16ClN3O2. The molecule has 1 aliphatic rings. The molecule has 2 aromatic rings. The van der Waals surface area contributed by atoms with Crippen LogP contribution in [0.3, 0.4) is 0 Å². The molecule has 1 atom stereocenters. The van der Waals surface area contributed by atoms with Gasteiger partial charge in [0.05, 0.1) is 5.56 Å². The van der Waals surface area contributed by atoms with Crippen LogP contribution in [0.25, 0.3) is 0 Å². The molecule has 6 heteroatoms. The quantitative estimate of drug-likeness (QED) is 0.831. The summed E-state index contributed by atoms with van der Waals surface area (Å²) in [4.78, 5) is 12.8. The molecule has 0 fully saturated rings. The van der Waals surface area contributed by atoms with Crippen molar-refractivity contribution >= 4 is 28.9 Å². The number of amides is 1. The van der Waals surface area contributed by atoms with Gasteiger partial charge in [-0.25, -0.2) is 0 Å². The third-order valence-corrected chi connectivity index (χ3v) is 4.07. The predicted octanol–water partition coefficient (Wildman–Crippen LogP) is 2.99. The molecule has 2 aromatic carbocycles. The molecular weight excluding hydrogens is 314 g/mol. The lowest BCUT2D eigenvalue weighted by Gasteiger charge is -2.31. The first kappa shape index (κ1) is 15.5. The molecule has 0 radical (unpaired) electrons. The summed E-state index contributed by atoms with van der Waals surface area (Å²) in [6.07, 6.45) is 0.229. The number of nitrogen functional groups attached to an aromatic ring is 1. The number of para-hydroxylation sites is 1. The van der Waals surface area contributed by atoms with Gasteiger partial charge in [-0.3, -0.25) is 4.79 Å². The Labute approximate surface area is 139 Å². The van der Waals surface area contributed by atoms with Crippen molar-refractivity contribution in [1.82, 2.24) is 5.01 Å². The lowest BCUT2D eigenvalue weighted by atomic mass is 9.97. The van der Waals surface area contributed by atoms with Crippen LogP contribution in [-0.2, 0) is 5.72 Å².